The number of halogens is 4. The van der Waals surface area contributed by atoms with Gasteiger partial charge >= 0.3 is 0 Å². The minimum Gasteiger partial charge on any atom is -0.356 e. The molecule has 22 rings (SSSR count). The Labute approximate surface area is 919 Å². The summed E-state index contributed by atoms with van der Waals surface area (Å²) in [5, 5.41) is 3.44. The van der Waals surface area contributed by atoms with E-state index in [2.05, 4.69) is 615 Å². The molecule has 748 valence electrons. The Balaban J connectivity index is 0.000000225. The van der Waals surface area contributed by atoms with Crippen LogP contribution < -0.4 is 24.9 Å². The maximum absolute atomic E-state index is 3.74. The highest BCUT2D eigenvalue weighted by molar-refractivity contribution is 9.11. The second kappa shape index (κ2) is 42.7. The first-order valence-corrected chi connectivity index (χ1v) is 56.7. The van der Waals surface area contributed by atoms with Gasteiger partial charge in [-0.1, -0.05) is 372 Å². The molecule has 2 spiro atoms. The molecule has 0 atom stereocenters. The zero-order chi connectivity index (χ0) is 104. The van der Waals surface area contributed by atoms with E-state index in [0.29, 0.717) is 59.2 Å². The maximum Gasteiger partial charge on any atom is 0.0728 e. The minimum absolute atomic E-state index is 0.337. The molecule has 0 unspecified atom stereocenters. The van der Waals surface area contributed by atoms with Crippen LogP contribution in [0.3, 0.4) is 0 Å². The topological polar surface area (TPSA) is 25.0 Å². The zero-order valence-electron chi connectivity index (χ0n) is 89.5. The number of rotatable bonds is 24. The number of hydrogen-bond acceptors (Lipinski definition) is 5. The smallest absolute Gasteiger partial charge is 0.0728 e. The molecule has 0 saturated carbocycles. The van der Waals surface area contributed by atoms with Gasteiger partial charge in [-0.05, 0) is 422 Å². The summed E-state index contributed by atoms with van der Waals surface area (Å²) in [5.41, 5.74) is 48.0. The van der Waals surface area contributed by atoms with Crippen LogP contribution in [0.2, 0.25) is 0 Å². The Morgan fingerprint density at radius 2 is 0.268 bits per heavy atom. The van der Waals surface area contributed by atoms with Gasteiger partial charge < -0.3 is 24.9 Å². The molecule has 4 aliphatic carbocycles. The van der Waals surface area contributed by atoms with Crippen LogP contribution in [0.25, 0.3) is 44.5 Å². The quantitative estimate of drug-likeness (QED) is 0.0650. The van der Waals surface area contributed by atoms with Gasteiger partial charge in [-0.3, -0.25) is 0 Å². The lowest BCUT2D eigenvalue weighted by Gasteiger charge is -2.35. The number of fused-ring (bicyclic) bond motifs is 20. The van der Waals surface area contributed by atoms with Crippen molar-refractivity contribution < 1.29 is 0 Å². The molecule has 18 aromatic rings. The van der Waals surface area contributed by atoms with Gasteiger partial charge in [-0.25, -0.2) is 0 Å². The predicted octanol–water partition coefficient (Wildman–Crippen LogP) is 43.7. The Kier molecular flexibility index (Phi) is 29.5. The first-order valence-electron chi connectivity index (χ1n) is 53.5. The molecule has 149 heavy (non-hydrogen) atoms. The van der Waals surface area contributed by atoms with Crippen LogP contribution in [0.5, 0.6) is 0 Å². The summed E-state index contributed by atoms with van der Waals surface area (Å²) < 4.78 is 4.40. The standard InChI is InChI=1S/C97H100N4.C25H12Br4.C18H23N/c1-61(2)69-17-33-77(34-18-69)98(78-35-19-70(20-36-78)62(3)4)85-49-53-89-90-54-50-86(99(79-37-21-71(22-38-79)63(5)6)80-39-23-72(24-40-80)64(7)8)58-94(90)97(93(89)57-85)95-59-87(100(81-41-25-73(26-42-81)65(9)10)82-43-27-74(28-44-82)66(11)12)51-55-91(95)92-56-52-88(60-96(92)97)101(83-45-29-75(30-46-83)67(13)14)84-47-31-76(32-48-84)68(15)16;26-13-1-5-17-18-6-2-14(27)10-22(18)25(21(17)9-13)23-11-15(28)3-7-19(23)20-8-4-16(29)12-24(20)25;1-13(2)15-5-9-17(10-6-15)19-18-11-7-16(8-12-18)14(3)4/h17-68H,1-16H3;1-12H;5-14,19H,1-4H3. The molecule has 9 heteroatoms. The summed E-state index contributed by atoms with van der Waals surface area (Å²) in [6.45, 7) is 45.4. The number of nitrogens with one attached hydrogen (secondary N) is 1. The molecule has 0 aliphatic heterocycles. The second-order valence-electron chi connectivity index (χ2n) is 44.2. The molecule has 1 N–H and O–H groups in total. The van der Waals surface area contributed by atoms with Gasteiger partial charge in [0.1, 0.15) is 0 Å². The van der Waals surface area contributed by atoms with Crippen LogP contribution >= 0.6 is 63.7 Å². The third-order valence-corrected chi connectivity index (χ3v) is 33.3. The molecule has 4 aliphatic rings. The van der Waals surface area contributed by atoms with Crippen molar-refractivity contribution in [2.75, 3.05) is 24.9 Å². The number of benzene rings is 18. The van der Waals surface area contributed by atoms with E-state index in [0.717, 1.165) is 97.5 Å². The number of hydrogen-bond donors (Lipinski definition) is 1. The van der Waals surface area contributed by atoms with E-state index >= 15 is 0 Å². The minimum atomic E-state index is -0.889. The van der Waals surface area contributed by atoms with Gasteiger partial charge in [0.15, 0.2) is 0 Å². The molecule has 0 amide bonds. The van der Waals surface area contributed by atoms with E-state index in [-0.39, 0.29) is 5.41 Å². The normalized spacial score (nSPS) is 12.9. The van der Waals surface area contributed by atoms with Crippen molar-refractivity contribution in [1.29, 1.82) is 0 Å². The fourth-order valence-corrected chi connectivity index (χ4v) is 24.2. The van der Waals surface area contributed by atoms with Crippen molar-refractivity contribution in [2.24, 2.45) is 0 Å². The summed E-state index contributed by atoms with van der Waals surface area (Å²) >= 11 is 14.9. The largest absolute Gasteiger partial charge is 0.356 e. The molecule has 0 radical (unpaired) electrons. The lowest BCUT2D eigenvalue weighted by molar-refractivity contribution is 0.791. The van der Waals surface area contributed by atoms with Crippen LogP contribution in [0.4, 0.5) is 79.6 Å². The fraction of sp³-hybridized carbons (Fsp3) is 0.229. The van der Waals surface area contributed by atoms with Gasteiger partial charge in [0.2, 0.25) is 0 Å². The average Bonchev–Trinajstić information content (AvgIpc) is 1.51. The predicted molar refractivity (Wildman–Crippen MR) is 652 cm³/mol. The molecule has 0 aromatic heterocycles. The van der Waals surface area contributed by atoms with E-state index in [1.54, 1.807) is 0 Å². The Morgan fingerprint density at radius 1 is 0.148 bits per heavy atom. The lowest BCUT2D eigenvalue weighted by atomic mass is 9.70. The highest BCUT2D eigenvalue weighted by Gasteiger charge is 2.55. The summed E-state index contributed by atoms with van der Waals surface area (Å²) in [5.74, 6) is 4.30. The summed E-state index contributed by atoms with van der Waals surface area (Å²) in [6.07, 6.45) is 0. The lowest BCUT2D eigenvalue weighted by Crippen LogP contribution is -2.27. The molecule has 0 bridgehead atoms. The van der Waals surface area contributed by atoms with Crippen LogP contribution in [0.1, 0.15) is 298 Å². The molecule has 0 fully saturated rings. The molecular formula is C140H135Br4N5. The van der Waals surface area contributed by atoms with Crippen molar-refractivity contribution in [2.45, 2.75) is 208 Å². The zero-order valence-corrected chi connectivity index (χ0v) is 95.9. The third-order valence-electron chi connectivity index (χ3n) is 31.4. The Morgan fingerprint density at radius 3 is 0.409 bits per heavy atom. The van der Waals surface area contributed by atoms with Crippen LogP contribution in [-0.2, 0) is 10.8 Å². The number of nitrogens with zero attached hydrogens (tertiary/aromatic N) is 4. The van der Waals surface area contributed by atoms with Crippen LogP contribution in [0, 0.1) is 0 Å². The maximum atomic E-state index is 3.74. The molecule has 5 nitrogen and oxygen atoms in total. The van der Waals surface area contributed by atoms with Gasteiger partial charge in [0.25, 0.3) is 0 Å². The third kappa shape index (κ3) is 19.8. The monoisotopic (exact) mass is 2200 g/mol. The first kappa shape index (κ1) is 103. The SMILES string of the molecule is Brc1ccc2c(c1)C1(c3cc(Br)ccc3-2)c2cc(Br)ccc2-c2ccc(Br)cc21.CC(C)c1ccc(N(c2ccc(C(C)C)cc2)c2ccc3c(c2)C2(c4cc(N(c5ccc(C(C)C)cc5)c5ccc(C(C)C)cc5)ccc4-3)c3cc(N(c4ccc(C(C)C)cc4)c4ccc(C(C)C)cc4)ccc3-c3ccc(N(c4ccc(C(C)C)cc4)c4ccc(C(C)C)cc4)cc32)cc1.CC(C)c1ccc(Nc2ccc(C(C)C)cc2)cc1. The van der Waals surface area contributed by atoms with Crippen molar-refractivity contribution in [1.82, 2.24) is 0 Å². The first-order chi connectivity index (χ1) is 71.7. The van der Waals surface area contributed by atoms with Gasteiger partial charge in [-0.2, -0.15) is 0 Å². The van der Waals surface area contributed by atoms with E-state index in [9.17, 15) is 0 Å². The summed E-state index contributed by atoms with van der Waals surface area (Å²) in [6, 6.07) is 148. The summed E-state index contributed by atoms with van der Waals surface area (Å²) in [7, 11) is 0. The highest BCUT2D eigenvalue weighted by atomic mass is 79.9. The molecular weight excluding hydrogens is 2070 g/mol. The van der Waals surface area contributed by atoms with Crippen LogP contribution in [-0.4, -0.2) is 0 Å². The van der Waals surface area contributed by atoms with Crippen LogP contribution in [0.15, 0.2) is 406 Å². The van der Waals surface area contributed by atoms with Crippen molar-refractivity contribution >= 4 is 143 Å². The van der Waals surface area contributed by atoms with Gasteiger partial charge in [0.05, 0.1) is 10.8 Å². The van der Waals surface area contributed by atoms with Crippen molar-refractivity contribution in [3.8, 4) is 44.5 Å². The van der Waals surface area contributed by atoms with Crippen molar-refractivity contribution in [3.63, 3.8) is 0 Å². The van der Waals surface area contributed by atoms with E-state index in [1.807, 2.05) is 0 Å². The molecule has 18 aromatic carbocycles. The molecule has 0 saturated heterocycles. The van der Waals surface area contributed by atoms with E-state index < -0.39 is 5.41 Å². The highest BCUT2D eigenvalue weighted by Crippen LogP contribution is 2.68. The van der Waals surface area contributed by atoms with Gasteiger partial charge in [-0.15, -0.1) is 0 Å². The Bertz CT molecular complexity index is 6810. The van der Waals surface area contributed by atoms with E-state index in [4.69, 9.17) is 0 Å². The van der Waals surface area contributed by atoms with E-state index in [1.165, 1.54) is 145 Å². The second-order valence-corrected chi connectivity index (χ2v) is 47.8. The number of anilines is 14. The fourth-order valence-electron chi connectivity index (χ4n) is 22.8. The average molecular weight is 2210 g/mol. The Hall–Kier alpha value is -13.1. The van der Waals surface area contributed by atoms with Crippen molar-refractivity contribution in [3.05, 3.63) is 506 Å². The molecule has 0 heterocycles. The summed E-state index contributed by atoms with van der Waals surface area (Å²) in [4.78, 5) is 9.99. The van der Waals surface area contributed by atoms with Gasteiger partial charge in [0, 0.05) is 97.5 Å².